The molecular weight excluding hydrogens is 216 g/mol. The molecule has 4 nitrogen and oxygen atoms in total. The highest BCUT2D eigenvalue weighted by molar-refractivity contribution is 5.02. The lowest BCUT2D eigenvalue weighted by atomic mass is 9.64. The smallest absolute Gasteiger partial charge is 0.0652 e. The highest BCUT2D eigenvalue weighted by atomic mass is 16.5. The second-order valence-corrected chi connectivity index (χ2v) is 5.74. The third-order valence-corrected chi connectivity index (χ3v) is 4.38. The topological polar surface area (TPSA) is 33.7 Å². The van der Waals surface area contributed by atoms with Gasteiger partial charge in [-0.2, -0.15) is 0 Å². The minimum Gasteiger partial charge on any atom is -0.381 e. The van der Waals surface area contributed by atoms with Gasteiger partial charge in [-0.05, 0) is 6.42 Å². The van der Waals surface area contributed by atoms with E-state index < -0.39 is 0 Å². The molecule has 1 saturated heterocycles. The number of hydrogen-bond donors (Lipinski definition) is 1. The number of morpholine rings is 1. The number of methoxy groups -OCH3 is 1. The van der Waals surface area contributed by atoms with Crippen LogP contribution in [0.15, 0.2) is 0 Å². The summed E-state index contributed by atoms with van der Waals surface area (Å²) in [5.74, 6) is 0. The first kappa shape index (κ1) is 13.3. The van der Waals surface area contributed by atoms with E-state index >= 15 is 0 Å². The van der Waals surface area contributed by atoms with Crippen LogP contribution >= 0.6 is 0 Å². The van der Waals surface area contributed by atoms with E-state index in [0.717, 1.165) is 45.8 Å². The van der Waals surface area contributed by atoms with E-state index in [4.69, 9.17) is 9.47 Å². The van der Waals surface area contributed by atoms with Gasteiger partial charge in [0.05, 0.1) is 19.3 Å². The molecular formula is C13H26N2O2. The van der Waals surface area contributed by atoms with Gasteiger partial charge >= 0.3 is 0 Å². The summed E-state index contributed by atoms with van der Waals surface area (Å²) in [6, 6.07) is 0.605. The summed E-state index contributed by atoms with van der Waals surface area (Å²) >= 11 is 0. The summed E-state index contributed by atoms with van der Waals surface area (Å²) < 4.78 is 10.8. The third kappa shape index (κ3) is 2.99. The lowest BCUT2D eigenvalue weighted by Gasteiger charge is -2.51. The Balaban J connectivity index is 1.63. The third-order valence-electron chi connectivity index (χ3n) is 4.38. The van der Waals surface area contributed by atoms with Crippen molar-refractivity contribution in [1.29, 1.82) is 0 Å². The van der Waals surface area contributed by atoms with Crippen LogP contribution in [0.2, 0.25) is 0 Å². The Bertz CT molecular complexity index is 240. The maximum Gasteiger partial charge on any atom is 0.0652 e. The monoisotopic (exact) mass is 242 g/mol. The Kier molecular flexibility index (Phi) is 4.42. The molecule has 100 valence electrons. The fourth-order valence-electron chi connectivity index (χ4n) is 2.85. The van der Waals surface area contributed by atoms with Crippen molar-refractivity contribution in [1.82, 2.24) is 10.2 Å². The highest BCUT2D eigenvalue weighted by Gasteiger charge is 2.48. The zero-order valence-electron chi connectivity index (χ0n) is 11.4. The van der Waals surface area contributed by atoms with Crippen molar-refractivity contribution in [2.45, 2.75) is 32.4 Å². The molecule has 0 spiro atoms. The van der Waals surface area contributed by atoms with Gasteiger partial charge in [0.2, 0.25) is 0 Å². The predicted octanol–water partition coefficient (Wildman–Crippen LogP) is 0.722. The molecule has 0 aromatic heterocycles. The van der Waals surface area contributed by atoms with Gasteiger partial charge in [-0.15, -0.1) is 0 Å². The van der Waals surface area contributed by atoms with E-state index in [1.165, 1.54) is 0 Å². The van der Waals surface area contributed by atoms with Crippen LogP contribution in [-0.2, 0) is 9.47 Å². The number of nitrogens with zero attached hydrogens (tertiary/aromatic N) is 1. The maximum atomic E-state index is 5.46. The van der Waals surface area contributed by atoms with E-state index in [-0.39, 0.29) is 5.41 Å². The molecule has 0 radical (unpaired) electrons. The number of hydrogen-bond acceptors (Lipinski definition) is 4. The lowest BCUT2D eigenvalue weighted by molar-refractivity contribution is -0.0978. The van der Waals surface area contributed by atoms with Gasteiger partial charge in [-0.3, -0.25) is 4.90 Å². The van der Waals surface area contributed by atoms with Crippen molar-refractivity contribution in [3.05, 3.63) is 0 Å². The van der Waals surface area contributed by atoms with Crippen LogP contribution in [0.25, 0.3) is 0 Å². The van der Waals surface area contributed by atoms with E-state index in [0.29, 0.717) is 12.1 Å². The van der Waals surface area contributed by atoms with Gasteiger partial charge in [0, 0.05) is 44.7 Å². The van der Waals surface area contributed by atoms with Crippen LogP contribution in [0.3, 0.4) is 0 Å². The molecule has 2 unspecified atom stereocenters. The summed E-state index contributed by atoms with van der Waals surface area (Å²) in [5, 5.41) is 3.66. The first-order chi connectivity index (χ1) is 8.14. The maximum absolute atomic E-state index is 5.46. The van der Waals surface area contributed by atoms with E-state index in [9.17, 15) is 0 Å². The molecule has 2 atom stereocenters. The summed E-state index contributed by atoms with van der Waals surface area (Å²) in [6.45, 7) is 10.7. The molecule has 1 aliphatic heterocycles. The Morgan fingerprint density at radius 3 is 2.65 bits per heavy atom. The number of ether oxygens (including phenoxy) is 2. The average Bonchev–Trinajstić information content (AvgIpc) is 2.34. The van der Waals surface area contributed by atoms with Crippen LogP contribution in [-0.4, -0.2) is 63.5 Å². The van der Waals surface area contributed by atoms with E-state index in [1.54, 1.807) is 0 Å². The fraction of sp³-hybridized carbons (Fsp3) is 1.00. The molecule has 17 heavy (non-hydrogen) atoms. The molecule has 1 saturated carbocycles. The van der Waals surface area contributed by atoms with Crippen LogP contribution in [0.1, 0.15) is 20.3 Å². The molecule has 2 rings (SSSR count). The van der Waals surface area contributed by atoms with Crippen LogP contribution in [0.4, 0.5) is 0 Å². The van der Waals surface area contributed by atoms with Gasteiger partial charge in [0.15, 0.2) is 0 Å². The van der Waals surface area contributed by atoms with Gasteiger partial charge < -0.3 is 14.8 Å². The minimum absolute atomic E-state index is 0.278. The quantitative estimate of drug-likeness (QED) is 0.770. The molecule has 4 heteroatoms. The average molecular weight is 242 g/mol. The normalized spacial score (nSPS) is 33.4. The first-order valence-electron chi connectivity index (χ1n) is 6.71. The summed E-state index contributed by atoms with van der Waals surface area (Å²) in [7, 11) is 1.82. The van der Waals surface area contributed by atoms with Crippen molar-refractivity contribution < 1.29 is 9.47 Å². The summed E-state index contributed by atoms with van der Waals surface area (Å²) in [6.07, 6.45) is 1.57. The van der Waals surface area contributed by atoms with Crippen LogP contribution in [0.5, 0.6) is 0 Å². The molecule has 0 bridgehead atoms. The van der Waals surface area contributed by atoms with Crippen LogP contribution < -0.4 is 5.32 Å². The molecule has 0 aromatic rings. The number of rotatable bonds is 5. The van der Waals surface area contributed by atoms with Crippen molar-refractivity contribution in [2.24, 2.45) is 5.41 Å². The van der Waals surface area contributed by atoms with Crippen molar-refractivity contribution in [3.8, 4) is 0 Å². The Morgan fingerprint density at radius 1 is 1.35 bits per heavy atom. The second kappa shape index (κ2) is 5.65. The van der Waals surface area contributed by atoms with Crippen LogP contribution in [0, 0.1) is 5.41 Å². The SMILES string of the molecule is COC1CC(NCCN2CCOCC2)C1(C)C. The van der Waals surface area contributed by atoms with Crippen molar-refractivity contribution >= 4 is 0 Å². The molecule has 2 fully saturated rings. The Labute approximate surface area is 105 Å². The van der Waals surface area contributed by atoms with E-state index in [1.807, 2.05) is 7.11 Å². The molecule has 2 aliphatic rings. The largest absolute Gasteiger partial charge is 0.381 e. The van der Waals surface area contributed by atoms with Crippen molar-refractivity contribution in [2.75, 3.05) is 46.5 Å². The number of nitrogens with one attached hydrogen (secondary N) is 1. The highest BCUT2D eigenvalue weighted by Crippen LogP contribution is 2.42. The lowest BCUT2D eigenvalue weighted by Crippen LogP contribution is -2.61. The van der Waals surface area contributed by atoms with Gasteiger partial charge in [0.25, 0.3) is 0 Å². The first-order valence-corrected chi connectivity index (χ1v) is 6.71. The molecule has 0 aromatic carbocycles. The minimum atomic E-state index is 0.278. The molecule has 1 N–H and O–H groups in total. The Morgan fingerprint density at radius 2 is 2.06 bits per heavy atom. The van der Waals surface area contributed by atoms with Gasteiger partial charge in [-0.25, -0.2) is 0 Å². The van der Waals surface area contributed by atoms with Crippen molar-refractivity contribution in [3.63, 3.8) is 0 Å². The molecule has 1 aliphatic carbocycles. The zero-order valence-corrected chi connectivity index (χ0v) is 11.4. The molecule has 1 heterocycles. The van der Waals surface area contributed by atoms with Gasteiger partial charge in [-0.1, -0.05) is 13.8 Å². The fourth-order valence-corrected chi connectivity index (χ4v) is 2.85. The second-order valence-electron chi connectivity index (χ2n) is 5.74. The standard InChI is InChI=1S/C13H26N2O2/c1-13(2)11(10-12(13)16-3)14-4-5-15-6-8-17-9-7-15/h11-12,14H,4-10H2,1-3H3. The van der Waals surface area contributed by atoms with Gasteiger partial charge in [0.1, 0.15) is 0 Å². The Hall–Kier alpha value is -0.160. The zero-order chi connectivity index (χ0) is 12.3. The van der Waals surface area contributed by atoms with E-state index in [2.05, 4.69) is 24.1 Å². The molecule has 0 amide bonds. The predicted molar refractivity (Wildman–Crippen MR) is 68.2 cm³/mol. The summed E-state index contributed by atoms with van der Waals surface area (Å²) in [5.41, 5.74) is 0.278. The summed E-state index contributed by atoms with van der Waals surface area (Å²) in [4.78, 5) is 2.47.